The molecule has 5 nitrogen and oxygen atoms in total. The summed E-state index contributed by atoms with van der Waals surface area (Å²) in [4.78, 5) is 27.6. The summed E-state index contributed by atoms with van der Waals surface area (Å²) in [6, 6.07) is 5.69. The molecule has 0 aromatic heterocycles. The average Bonchev–Trinajstić information content (AvgIpc) is 2.52. The van der Waals surface area contributed by atoms with Gasteiger partial charge in [0.25, 0.3) is 5.91 Å². The van der Waals surface area contributed by atoms with Crippen LogP contribution in [-0.2, 0) is 4.79 Å². The molecule has 2 rings (SSSR count). The van der Waals surface area contributed by atoms with Crippen LogP contribution in [0.4, 0.5) is 4.39 Å². The third kappa shape index (κ3) is 4.01. The monoisotopic (exact) mass is 293 g/mol. The van der Waals surface area contributed by atoms with Crippen LogP contribution in [0, 0.1) is 5.82 Å². The Balaban J connectivity index is 1.89. The summed E-state index contributed by atoms with van der Waals surface area (Å²) in [6.45, 7) is 2.69. The van der Waals surface area contributed by atoms with E-state index in [0.29, 0.717) is 44.7 Å². The number of hydrogen-bond acceptors (Lipinski definition) is 3. The SMILES string of the molecule is CNCCC(=O)N1CCN(C(=O)c2cccc(F)c2)CC1. The highest BCUT2D eigenvalue weighted by Crippen LogP contribution is 2.11. The quantitative estimate of drug-likeness (QED) is 0.890. The van der Waals surface area contributed by atoms with Crippen LogP contribution in [0.15, 0.2) is 24.3 Å². The smallest absolute Gasteiger partial charge is 0.254 e. The van der Waals surface area contributed by atoms with E-state index in [-0.39, 0.29) is 11.8 Å². The highest BCUT2D eigenvalue weighted by atomic mass is 19.1. The lowest BCUT2D eigenvalue weighted by molar-refractivity contribution is -0.132. The summed E-state index contributed by atoms with van der Waals surface area (Å²) in [5.74, 6) is -0.499. The minimum absolute atomic E-state index is 0.0993. The molecule has 114 valence electrons. The van der Waals surface area contributed by atoms with E-state index >= 15 is 0 Å². The number of nitrogens with one attached hydrogen (secondary N) is 1. The zero-order valence-electron chi connectivity index (χ0n) is 12.1. The van der Waals surface area contributed by atoms with E-state index < -0.39 is 5.82 Å². The molecule has 0 atom stereocenters. The summed E-state index contributed by atoms with van der Waals surface area (Å²) in [5.41, 5.74) is 0.352. The van der Waals surface area contributed by atoms with Crippen LogP contribution in [0.1, 0.15) is 16.8 Å². The largest absolute Gasteiger partial charge is 0.339 e. The van der Waals surface area contributed by atoms with Crippen LogP contribution in [-0.4, -0.2) is 61.4 Å². The highest BCUT2D eigenvalue weighted by Gasteiger charge is 2.24. The molecule has 21 heavy (non-hydrogen) atoms. The van der Waals surface area contributed by atoms with Crippen LogP contribution in [0.5, 0.6) is 0 Å². The second-order valence-electron chi connectivity index (χ2n) is 5.04. The van der Waals surface area contributed by atoms with Crippen LogP contribution in [0.2, 0.25) is 0 Å². The molecule has 0 unspecified atom stereocenters. The molecule has 1 aliphatic heterocycles. The second-order valence-corrected chi connectivity index (χ2v) is 5.04. The predicted molar refractivity (Wildman–Crippen MR) is 77.4 cm³/mol. The van der Waals surface area contributed by atoms with Crippen molar-refractivity contribution in [1.82, 2.24) is 15.1 Å². The maximum absolute atomic E-state index is 13.2. The Labute approximate surface area is 123 Å². The summed E-state index contributed by atoms with van der Waals surface area (Å²) in [7, 11) is 1.81. The average molecular weight is 293 g/mol. The molecular weight excluding hydrogens is 273 g/mol. The Morgan fingerprint density at radius 1 is 1.19 bits per heavy atom. The number of carbonyl (C=O) groups excluding carboxylic acids is 2. The van der Waals surface area contributed by atoms with Crippen molar-refractivity contribution in [3.63, 3.8) is 0 Å². The van der Waals surface area contributed by atoms with Crippen molar-refractivity contribution in [2.45, 2.75) is 6.42 Å². The Hall–Kier alpha value is -1.95. The zero-order chi connectivity index (χ0) is 15.2. The molecule has 1 N–H and O–H groups in total. The number of hydrogen-bond donors (Lipinski definition) is 1. The Morgan fingerprint density at radius 3 is 2.48 bits per heavy atom. The van der Waals surface area contributed by atoms with Crippen molar-refractivity contribution in [2.75, 3.05) is 39.8 Å². The number of halogens is 1. The van der Waals surface area contributed by atoms with Gasteiger partial charge in [0.15, 0.2) is 0 Å². The van der Waals surface area contributed by atoms with E-state index in [9.17, 15) is 14.0 Å². The maximum Gasteiger partial charge on any atom is 0.254 e. The second kappa shape index (κ2) is 7.17. The molecule has 1 saturated heterocycles. The number of benzene rings is 1. The van der Waals surface area contributed by atoms with Gasteiger partial charge in [-0.1, -0.05) is 6.07 Å². The van der Waals surface area contributed by atoms with E-state index in [0.717, 1.165) is 0 Å². The summed E-state index contributed by atoms with van der Waals surface area (Å²) in [6.07, 6.45) is 0.467. The van der Waals surface area contributed by atoms with Gasteiger partial charge in [0.05, 0.1) is 0 Å². The lowest BCUT2D eigenvalue weighted by Crippen LogP contribution is -2.50. The van der Waals surface area contributed by atoms with Crippen molar-refractivity contribution in [1.29, 1.82) is 0 Å². The third-order valence-corrected chi connectivity index (χ3v) is 3.58. The molecule has 1 heterocycles. The maximum atomic E-state index is 13.2. The third-order valence-electron chi connectivity index (χ3n) is 3.58. The van der Waals surface area contributed by atoms with E-state index in [4.69, 9.17) is 0 Å². The molecule has 0 spiro atoms. The summed E-state index contributed by atoms with van der Waals surface area (Å²) >= 11 is 0. The minimum Gasteiger partial charge on any atom is -0.339 e. The molecule has 0 bridgehead atoms. The van der Waals surface area contributed by atoms with Gasteiger partial charge in [0.1, 0.15) is 5.82 Å². The van der Waals surface area contributed by atoms with Gasteiger partial charge >= 0.3 is 0 Å². The molecule has 1 aliphatic rings. The summed E-state index contributed by atoms with van der Waals surface area (Å²) < 4.78 is 13.2. The predicted octanol–water partition coefficient (Wildman–Crippen LogP) is 0.720. The first kappa shape index (κ1) is 15.4. The van der Waals surface area contributed by atoms with Gasteiger partial charge in [-0.15, -0.1) is 0 Å². The lowest BCUT2D eigenvalue weighted by Gasteiger charge is -2.35. The first-order valence-corrected chi connectivity index (χ1v) is 7.09. The van der Waals surface area contributed by atoms with Crippen molar-refractivity contribution in [3.8, 4) is 0 Å². The number of nitrogens with zero attached hydrogens (tertiary/aromatic N) is 2. The first-order valence-electron chi connectivity index (χ1n) is 7.09. The Kier molecular flexibility index (Phi) is 5.27. The molecule has 0 aliphatic carbocycles. The Morgan fingerprint density at radius 2 is 1.86 bits per heavy atom. The van der Waals surface area contributed by atoms with Gasteiger partial charge in [-0.2, -0.15) is 0 Å². The van der Waals surface area contributed by atoms with Crippen LogP contribution >= 0.6 is 0 Å². The van der Waals surface area contributed by atoms with Crippen molar-refractivity contribution in [2.24, 2.45) is 0 Å². The molecule has 0 saturated carbocycles. The molecule has 0 radical (unpaired) electrons. The van der Waals surface area contributed by atoms with E-state index in [1.807, 2.05) is 7.05 Å². The van der Waals surface area contributed by atoms with Crippen LogP contribution < -0.4 is 5.32 Å². The van der Waals surface area contributed by atoms with E-state index in [2.05, 4.69) is 5.32 Å². The standard InChI is InChI=1S/C15H20FN3O2/c1-17-6-5-14(20)18-7-9-19(10-8-18)15(21)12-3-2-4-13(16)11-12/h2-4,11,17H,5-10H2,1H3. The molecule has 2 amide bonds. The number of amides is 2. The van der Waals surface area contributed by atoms with Crippen molar-refractivity contribution in [3.05, 3.63) is 35.6 Å². The van der Waals surface area contributed by atoms with Gasteiger partial charge < -0.3 is 15.1 Å². The lowest BCUT2D eigenvalue weighted by atomic mass is 10.1. The van der Waals surface area contributed by atoms with E-state index in [1.165, 1.54) is 18.2 Å². The van der Waals surface area contributed by atoms with Crippen molar-refractivity contribution < 1.29 is 14.0 Å². The summed E-state index contributed by atoms with van der Waals surface area (Å²) in [5, 5.41) is 2.94. The van der Waals surface area contributed by atoms with Gasteiger partial charge in [-0.25, -0.2) is 4.39 Å². The topological polar surface area (TPSA) is 52.7 Å². The fourth-order valence-corrected chi connectivity index (χ4v) is 2.35. The minimum atomic E-state index is -0.415. The normalized spacial score (nSPS) is 15.1. The van der Waals surface area contributed by atoms with E-state index in [1.54, 1.807) is 15.9 Å². The molecule has 1 aromatic carbocycles. The van der Waals surface area contributed by atoms with Crippen LogP contribution in [0.3, 0.4) is 0 Å². The van der Waals surface area contributed by atoms with Gasteiger partial charge in [0, 0.05) is 44.7 Å². The number of rotatable bonds is 4. The molecule has 1 fully saturated rings. The fraction of sp³-hybridized carbons (Fsp3) is 0.467. The number of carbonyl (C=O) groups is 2. The van der Waals surface area contributed by atoms with Crippen LogP contribution in [0.25, 0.3) is 0 Å². The molecular formula is C15H20FN3O2. The van der Waals surface area contributed by atoms with Gasteiger partial charge in [-0.3, -0.25) is 9.59 Å². The zero-order valence-corrected chi connectivity index (χ0v) is 12.1. The van der Waals surface area contributed by atoms with Gasteiger partial charge in [0.2, 0.25) is 5.91 Å². The molecule has 1 aromatic rings. The Bertz CT molecular complexity index is 513. The first-order chi connectivity index (χ1) is 10.1. The molecule has 6 heteroatoms. The highest BCUT2D eigenvalue weighted by molar-refractivity contribution is 5.94. The van der Waals surface area contributed by atoms with Crippen molar-refractivity contribution >= 4 is 11.8 Å². The van der Waals surface area contributed by atoms with Gasteiger partial charge in [-0.05, 0) is 25.2 Å². The fourth-order valence-electron chi connectivity index (χ4n) is 2.35. The number of piperazine rings is 1.